The zero-order valence-corrected chi connectivity index (χ0v) is 19.1. The summed E-state index contributed by atoms with van der Waals surface area (Å²) in [5.74, 6) is -2.81. The van der Waals surface area contributed by atoms with Crippen molar-refractivity contribution in [2.24, 2.45) is 0 Å². The molecule has 0 spiro atoms. The Morgan fingerprint density at radius 3 is 2.11 bits per heavy atom. The Morgan fingerprint density at radius 1 is 0.833 bits per heavy atom. The molecular weight excluding hydrogens is 466 g/mol. The zero-order valence-electron chi connectivity index (χ0n) is 19.1. The maximum atomic E-state index is 12.7. The first-order valence-corrected chi connectivity index (χ1v) is 10.8. The molecule has 2 N–H and O–H groups in total. The quantitative estimate of drug-likeness (QED) is 0.296. The van der Waals surface area contributed by atoms with Crippen molar-refractivity contribution in [1.82, 2.24) is 15.8 Å². The van der Waals surface area contributed by atoms with Gasteiger partial charge in [-0.3, -0.25) is 34.9 Å². The number of nitrogens with zero attached hydrogens (tertiary/aromatic N) is 1. The standard InChI is InChI=1S/C26H21N3O7/c1-35-21-12-11-16(14-29-24(32)18-9-5-6-10-19(18)25(29)33)13-20(21)26(34)36-15-22(30)27-28-23(31)17-7-3-2-4-8-17/h2-13H,14-15H2,1H3,(H,27,30)(H,28,31). The molecule has 36 heavy (non-hydrogen) atoms. The van der Waals surface area contributed by atoms with Gasteiger partial charge < -0.3 is 9.47 Å². The molecule has 0 radical (unpaired) electrons. The first-order valence-electron chi connectivity index (χ1n) is 10.8. The molecule has 0 atom stereocenters. The normalized spacial score (nSPS) is 12.1. The fourth-order valence-electron chi connectivity index (χ4n) is 3.61. The van der Waals surface area contributed by atoms with Crippen LogP contribution < -0.4 is 15.6 Å². The number of carbonyl (C=O) groups is 5. The largest absolute Gasteiger partial charge is 0.496 e. The van der Waals surface area contributed by atoms with Crippen molar-refractivity contribution < 1.29 is 33.4 Å². The maximum Gasteiger partial charge on any atom is 0.342 e. The van der Waals surface area contributed by atoms with Gasteiger partial charge in [0.05, 0.1) is 24.8 Å². The van der Waals surface area contributed by atoms with Crippen molar-refractivity contribution in [2.45, 2.75) is 6.54 Å². The molecule has 0 saturated carbocycles. The van der Waals surface area contributed by atoms with Gasteiger partial charge >= 0.3 is 5.97 Å². The molecule has 1 aliphatic rings. The molecule has 3 aromatic carbocycles. The number of hydrogen-bond donors (Lipinski definition) is 2. The summed E-state index contributed by atoms with van der Waals surface area (Å²) in [6.45, 7) is -0.734. The highest BCUT2D eigenvalue weighted by molar-refractivity contribution is 6.21. The maximum absolute atomic E-state index is 12.7. The Kier molecular flexibility index (Phi) is 7.05. The molecule has 4 amide bonds. The van der Waals surface area contributed by atoms with Crippen molar-refractivity contribution in [2.75, 3.05) is 13.7 Å². The van der Waals surface area contributed by atoms with Gasteiger partial charge in [-0.05, 0) is 42.0 Å². The monoisotopic (exact) mass is 487 g/mol. The van der Waals surface area contributed by atoms with E-state index in [1.807, 2.05) is 0 Å². The van der Waals surface area contributed by atoms with Gasteiger partial charge in [0.1, 0.15) is 11.3 Å². The first-order chi connectivity index (χ1) is 17.4. The summed E-state index contributed by atoms with van der Waals surface area (Å²) in [5.41, 5.74) is 5.87. The molecule has 10 heteroatoms. The number of rotatable bonds is 7. The smallest absolute Gasteiger partial charge is 0.342 e. The van der Waals surface area contributed by atoms with E-state index >= 15 is 0 Å². The minimum Gasteiger partial charge on any atom is -0.496 e. The Hall–Kier alpha value is -4.99. The summed E-state index contributed by atoms with van der Waals surface area (Å²) in [7, 11) is 1.36. The van der Waals surface area contributed by atoms with E-state index in [0.29, 0.717) is 22.3 Å². The summed E-state index contributed by atoms with van der Waals surface area (Å²) in [4.78, 5) is 63.1. The molecule has 0 saturated heterocycles. The minimum absolute atomic E-state index is 0.00716. The van der Waals surface area contributed by atoms with Gasteiger partial charge in [0.2, 0.25) is 0 Å². The number of fused-ring (bicyclic) bond motifs is 1. The topological polar surface area (TPSA) is 131 Å². The lowest BCUT2D eigenvalue weighted by molar-refractivity contribution is -0.125. The van der Waals surface area contributed by atoms with E-state index in [0.717, 1.165) is 4.90 Å². The van der Waals surface area contributed by atoms with E-state index in [4.69, 9.17) is 9.47 Å². The zero-order chi connectivity index (χ0) is 25.7. The van der Waals surface area contributed by atoms with Crippen LogP contribution >= 0.6 is 0 Å². The Bertz CT molecular complexity index is 1320. The number of nitrogens with one attached hydrogen (secondary N) is 2. The Morgan fingerprint density at radius 2 is 1.47 bits per heavy atom. The third-order valence-corrected chi connectivity index (χ3v) is 5.39. The lowest BCUT2D eigenvalue weighted by Crippen LogP contribution is -2.43. The van der Waals surface area contributed by atoms with Crippen LogP contribution in [0.3, 0.4) is 0 Å². The highest BCUT2D eigenvalue weighted by Gasteiger charge is 2.35. The number of benzene rings is 3. The van der Waals surface area contributed by atoms with Crippen LogP contribution in [0.4, 0.5) is 0 Å². The van der Waals surface area contributed by atoms with Crippen molar-refractivity contribution in [3.63, 3.8) is 0 Å². The number of amides is 4. The predicted molar refractivity (Wildman–Crippen MR) is 126 cm³/mol. The number of hydrazine groups is 1. The van der Waals surface area contributed by atoms with Crippen LogP contribution in [0.25, 0.3) is 0 Å². The van der Waals surface area contributed by atoms with E-state index in [1.54, 1.807) is 60.7 Å². The van der Waals surface area contributed by atoms with Crippen LogP contribution in [0.15, 0.2) is 72.8 Å². The van der Waals surface area contributed by atoms with Crippen molar-refractivity contribution in [1.29, 1.82) is 0 Å². The van der Waals surface area contributed by atoms with Gasteiger partial charge in [0.15, 0.2) is 6.61 Å². The molecule has 1 heterocycles. The average Bonchev–Trinajstić information content (AvgIpc) is 3.15. The van der Waals surface area contributed by atoms with Gasteiger partial charge in [-0.15, -0.1) is 0 Å². The molecule has 0 unspecified atom stereocenters. The van der Waals surface area contributed by atoms with Crippen LogP contribution in [0.1, 0.15) is 47.0 Å². The van der Waals surface area contributed by atoms with Gasteiger partial charge in [0.25, 0.3) is 23.6 Å². The number of imide groups is 1. The van der Waals surface area contributed by atoms with Crippen LogP contribution in [0, 0.1) is 0 Å². The molecule has 0 bridgehead atoms. The van der Waals surface area contributed by atoms with E-state index in [2.05, 4.69) is 10.9 Å². The average molecular weight is 487 g/mol. The van der Waals surface area contributed by atoms with Crippen LogP contribution in [-0.4, -0.2) is 48.2 Å². The number of hydrogen-bond acceptors (Lipinski definition) is 7. The second-order valence-corrected chi connectivity index (χ2v) is 7.72. The minimum atomic E-state index is -0.861. The number of esters is 1. The van der Waals surface area contributed by atoms with Crippen LogP contribution in [-0.2, 0) is 16.1 Å². The fraction of sp³-hybridized carbons (Fsp3) is 0.115. The van der Waals surface area contributed by atoms with Crippen molar-refractivity contribution in [3.8, 4) is 5.75 Å². The van der Waals surface area contributed by atoms with Gasteiger partial charge in [0, 0.05) is 5.56 Å². The predicted octanol–water partition coefficient (Wildman–Crippen LogP) is 2.11. The summed E-state index contributed by atoms with van der Waals surface area (Å²) in [5, 5.41) is 0. The van der Waals surface area contributed by atoms with E-state index in [-0.39, 0.29) is 17.9 Å². The SMILES string of the molecule is COc1ccc(CN2C(=O)c3ccccc3C2=O)cc1C(=O)OCC(=O)NNC(=O)c1ccccc1. The van der Waals surface area contributed by atoms with E-state index in [9.17, 15) is 24.0 Å². The van der Waals surface area contributed by atoms with Gasteiger partial charge in [-0.2, -0.15) is 0 Å². The molecule has 10 nitrogen and oxygen atoms in total. The summed E-state index contributed by atoms with van der Waals surface area (Å²) in [6.07, 6.45) is 0. The van der Waals surface area contributed by atoms with E-state index < -0.39 is 36.2 Å². The highest BCUT2D eigenvalue weighted by atomic mass is 16.5. The van der Waals surface area contributed by atoms with Gasteiger partial charge in [-0.1, -0.05) is 36.4 Å². The Labute approximate surface area is 205 Å². The second-order valence-electron chi connectivity index (χ2n) is 7.72. The highest BCUT2D eigenvalue weighted by Crippen LogP contribution is 2.26. The Balaban J connectivity index is 1.38. The number of methoxy groups -OCH3 is 1. The molecule has 0 aliphatic carbocycles. The third kappa shape index (κ3) is 5.07. The molecule has 4 rings (SSSR count). The second kappa shape index (κ2) is 10.5. The van der Waals surface area contributed by atoms with Crippen LogP contribution in [0.5, 0.6) is 5.75 Å². The summed E-state index contributed by atoms with van der Waals surface area (Å²) in [6, 6.07) is 19.3. The van der Waals surface area contributed by atoms with E-state index in [1.165, 1.54) is 19.2 Å². The van der Waals surface area contributed by atoms with Crippen molar-refractivity contribution in [3.05, 3.63) is 101 Å². The number of ether oxygens (including phenoxy) is 2. The lowest BCUT2D eigenvalue weighted by atomic mass is 10.1. The molecule has 182 valence electrons. The van der Waals surface area contributed by atoms with Gasteiger partial charge in [-0.25, -0.2) is 4.79 Å². The third-order valence-electron chi connectivity index (χ3n) is 5.39. The molecule has 0 aromatic heterocycles. The molecule has 0 fully saturated rings. The summed E-state index contributed by atoms with van der Waals surface area (Å²) >= 11 is 0. The fourth-order valence-corrected chi connectivity index (χ4v) is 3.61. The van der Waals surface area contributed by atoms with Crippen LogP contribution in [0.2, 0.25) is 0 Å². The first kappa shape index (κ1) is 24.1. The summed E-state index contributed by atoms with van der Waals surface area (Å²) < 4.78 is 10.3. The number of carbonyl (C=O) groups excluding carboxylic acids is 5. The lowest BCUT2D eigenvalue weighted by Gasteiger charge is -2.16. The molecular formula is C26H21N3O7. The molecule has 3 aromatic rings. The van der Waals surface area contributed by atoms with Crippen molar-refractivity contribution >= 4 is 29.6 Å². The molecule has 1 aliphatic heterocycles.